The smallest absolute Gasteiger partial charge is 0.129 e. The number of nitrogens with zero attached hydrogens (tertiary/aromatic N) is 2. The molecule has 0 aliphatic carbocycles. The standard InChI is InChI=1S/C16H22FN3O/c1-10(16-11(2)19-20(4)12(16)3)18-9-15(21)13-7-5-6-8-14(13)17/h5-8,10,15,18,21H,9H2,1-4H3. The van der Waals surface area contributed by atoms with Crippen molar-refractivity contribution in [2.45, 2.75) is 32.9 Å². The number of aryl methyl sites for hydroxylation is 2. The summed E-state index contributed by atoms with van der Waals surface area (Å²) in [5.74, 6) is -0.381. The zero-order valence-electron chi connectivity index (χ0n) is 12.9. The highest BCUT2D eigenvalue weighted by Gasteiger charge is 2.18. The lowest BCUT2D eigenvalue weighted by Crippen LogP contribution is -2.25. The number of aromatic nitrogens is 2. The molecule has 0 spiro atoms. The van der Waals surface area contributed by atoms with E-state index in [1.165, 1.54) is 6.07 Å². The van der Waals surface area contributed by atoms with Crippen LogP contribution in [0.15, 0.2) is 24.3 Å². The van der Waals surface area contributed by atoms with Gasteiger partial charge in [0.05, 0.1) is 11.8 Å². The molecule has 4 nitrogen and oxygen atoms in total. The van der Waals surface area contributed by atoms with Crippen LogP contribution >= 0.6 is 0 Å². The first kappa shape index (κ1) is 15.7. The topological polar surface area (TPSA) is 50.1 Å². The molecule has 0 radical (unpaired) electrons. The molecular weight excluding hydrogens is 269 g/mol. The van der Waals surface area contributed by atoms with E-state index >= 15 is 0 Å². The van der Waals surface area contributed by atoms with Crippen molar-refractivity contribution < 1.29 is 9.50 Å². The number of benzene rings is 1. The molecule has 114 valence electrons. The van der Waals surface area contributed by atoms with Crippen LogP contribution in [0.4, 0.5) is 4.39 Å². The molecule has 0 amide bonds. The Bertz CT molecular complexity index is 624. The van der Waals surface area contributed by atoms with Crippen molar-refractivity contribution >= 4 is 0 Å². The maximum Gasteiger partial charge on any atom is 0.129 e. The summed E-state index contributed by atoms with van der Waals surface area (Å²) in [7, 11) is 1.91. The van der Waals surface area contributed by atoms with Gasteiger partial charge in [0.25, 0.3) is 0 Å². The van der Waals surface area contributed by atoms with Gasteiger partial charge in [-0.3, -0.25) is 4.68 Å². The molecule has 2 unspecified atom stereocenters. The first-order valence-electron chi connectivity index (χ1n) is 7.07. The minimum atomic E-state index is -0.870. The number of aliphatic hydroxyl groups is 1. The van der Waals surface area contributed by atoms with Gasteiger partial charge >= 0.3 is 0 Å². The van der Waals surface area contributed by atoms with Crippen LogP contribution in [-0.2, 0) is 7.05 Å². The Kier molecular flexibility index (Phi) is 4.75. The van der Waals surface area contributed by atoms with Crippen molar-refractivity contribution in [2.24, 2.45) is 7.05 Å². The molecule has 0 bridgehead atoms. The third kappa shape index (κ3) is 3.31. The normalized spacial score (nSPS) is 14.2. The van der Waals surface area contributed by atoms with Gasteiger partial charge < -0.3 is 10.4 Å². The molecule has 2 aromatic rings. The van der Waals surface area contributed by atoms with E-state index in [1.807, 2.05) is 32.5 Å². The third-order valence-corrected chi connectivity index (χ3v) is 3.88. The second-order valence-electron chi connectivity index (χ2n) is 5.38. The predicted molar refractivity (Wildman–Crippen MR) is 80.5 cm³/mol. The summed E-state index contributed by atoms with van der Waals surface area (Å²) >= 11 is 0. The van der Waals surface area contributed by atoms with Crippen LogP contribution in [0.25, 0.3) is 0 Å². The third-order valence-electron chi connectivity index (χ3n) is 3.88. The van der Waals surface area contributed by atoms with Crippen LogP contribution in [-0.4, -0.2) is 21.4 Å². The number of nitrogens with one attached hydrogen (secondary N) is 1. The van der Waals surface area contributed by atoms with Gasteiger partial charge in [-0.15, -0.1) is 0 Å². The first-order valence-corrected chi connectivity index (χ1v) is 7.07. The van der Waals surface area contributed by atoms with E-state index < -0.39 is 6.10 Å². The Morgan fingerprint density at radius 1 is 1.33 bits per heavy atom. The van der Waals surface area contributed by atoms with Gasteiger partial charge in [0.2, 0.25) is 0 Å². The average molecular weight is 291 g/mol. The van der Waals surface area contributed by atoms with Crippen LogP contribution in [0.3, 0.4) is 0 Å². The van der Waals surface area contributed by atoms with Gasteiger partial charge in [-0.1, -0.05) is 18.2 Å². The molecule has 1 aromatic carbocycles. The Hall–Kier alpha value is -1.72. The Balaban J connectivity index is 2.04. The van der Waals surface area contributed by atoms with Gasteiger partial charge in [0.1, 0.15) is 5.82 Å². The zero-order valence-corrected chi connectivity index (χ0v) is 12.9. The van der Waals surface area contributed by atoms with Crippen molar-refractivity contribution in [1.29, 1.82) is 0 Å². The van der Waals surface area contributed by atoms with Crippen LogP contribution in [0.5, 0.6) is 0 Å². The summed E-state index contributed by atoms with van der Waals surface area (Å²) in [6, 6.07) is 6.34. The van der Waals surface area contributed by atoms with Crippen molar-refractivity contribution in [1.82, 2.24) is 15.1 Å². The summed E-state index contributed by atoms with van der Waals surface area (Å²) in [5, 5.41) is 17.8. The molecule has 1 aromatic heterocycles. The summed E-state index contributed by atoms with van der Waals surface area (Å²) in [6.45, 7) is 6.29. The fourth-order valence-electron chi connectivity index (χ4n) is 2.66. The molecule has 0 saturated heterocycles. The maximum absolute atomic E-state index is 13.6. The minimum absolute atomic E-state index is 0.0418. The minimum Gasteiger partial charge on any atom is -0.387 e. The van der Waals surface area contributed by atoms with Gasteiger partial charge in [-0.25, -0.2) is 4.39 Å². The Morgan fingerprint density at radius 3 is 2.57 bits per heavy atom. The molecule has 5 heteroatoms. The molecule has 2 rings (SSSR count). The quantitative estimate of drug-likeness (QED) is 0.890. The molecule has 2 atom stereocenters. The van der Waals surface area contributed by atoms with Crippen molar-refractivity contribution in [2.75, 3.05) is 6.54 Å². The molecular formula is C16H22FN3O. The molecule has 0 saturated carbocycles. The van der Waals surface area contributed by atoms with Crippen LogP contribution in [0, 0.1) is 19.7 Å². The summed E-state index contributed by atoms with van der Waals surface area (Å²) in [4.78, 5) is 0. The number of hydrogen-bond acceptors (Lipinski definition) is 3. The SMILES string of the molecule is Cc1nn(C)c(C)c1C(C)NCC(O)c1ccccc1F. The first-order chi connectivity index (χ1) is 9.91. The van der Waals surface area contributed by atoms with Gasteiger partial charge in [0, 0.05) is 36.5 Å². The second-order valence-corrected chi connectivity index (χ2v) is 5.38. The van der Waals surface area contributed by atoms with E-state index in [9.17, 15) is 9.50 Å². The summed E-state index contributed by atoms with van der Waals surface area (Å²) in [6.07, 6.45) is -0.870. The molecule has 0 aliphatic rings. The van der Waals surface area contributed by atoms with Crippen LogP contribution in [0.2, 0.25) is 0 Å². The molecule has 1 heterocycles. The lowest BCUT2D eigenvalue weighted by atomic mass is 10.0. The fourth-order valence-corrected chi connectivity index (χ4v) is 2.66. The van der Waals surface area contributed by atoms with E-state index in [0.29, 0.717) is 5.56 Å². The number of aliphatic hydroxyl groups excluding tert-OH is 1. The molecule has 0 aliphatic heterocycles. The molecule has 21 heavy (non-hydrogen) atoms. The average Bonchev–Trinajstić information content (AvgIpc) is 2.70. The van der Waals surface area contributed by atoms with Crippen molar-refractivity contribution in [3.63, 3.8) is 0 Å². The van der Waals surface area contributed by atoms with Gasteiger partial charge in [-0.2, -0.15) is 5.10 Å². The highest BCUT2D eigenvalue weighted by atomic mass is 19.1. The Labute approximate surface area is 124 Å². The lowest BCUT2D eigenvalue weighted by molar-refractivity contribution is 0.166. The maximum atomic E-state index is 13.6. The molecule has 2 N–H and O–H groups in total. The van der Waals surface area contributed by atoms with Crippen LogP contribution < -0.4 is 5.32 Å². The second kappa shape index (κ2) is 6.37. The summed E-state index contributed by atoms with van der Waals surface area (Å²) < 4.78 is 15.5. The number of halogens is 1. The molecule has 0 fully saturated rings. The highest BCUT2D eigenvalue weighted by Crippen LogP contribution is 2.22. The predicted octanol–water partition coefficient (Wildman–Crippen LogP) is 2.56. The van der Waals surface area contributed by atoms with Crippen molar-refractivity contribution in [3.8, 4) is 0 Å². The lowest BCUT2D eigenvalue weighted by Gasteiger charge is -2.18. The van der Waals surface area contributed by atoms with E-state index in [4.69, 9.17) is 0 Å². The number of hydrogen-bond donors (Lipinski definition) is 2. The van der Waals surface area contributed by atoms with E-state index in [0.717, 1.165) is 17.0 Å². The number of rotatable bonds is 5. The van der Waals surface area contributed by atoms with Crippen LogP contribution in [0.1, 0.15) is 41.6 Å². The summed E-state index contributed by atoms with van der Waals surface area (Å²) in [5.41, 5.74) is 3.50. The van der Waals surface area contributed by atoms with E-state index in [2.05, 4.69) is 10.4 Å². The monoisotopic (exact) mass is 291 g/mol. The fraction of sp³-hybridized carbons (Fsp3) is 0.438. The highest BCUT2D eigenvalue weighted by molar-refractivity contribution is 5.28. The van der Waals surface area contributed by atoms with Gasteiger partial charge in [0.15, 0.2) is 0 Å². The van der Waals surface area contributed by atoms with E-state index in [-0.39, 0.29) is 18.4 Å². The Morgan fingerprint density at radius 2 is 2.00 bits per heavy atom. The van der Waals surface area contributed by atoms with Crippen molar-refractivity contribution in [3.05, 3.63) is 52.6 Å². The van der Waals surface area contributed by atoms with Gasteiger partial charge in [-0.05, 0) is 26.8 Å². The largest absolute Gasteiger partial charge is 0.387 e. The zero-order chi connectivity index (χ0) is 15.6. The van der Waals surface area contributed by atoms with E-state index in [1.54, 1.807) is 18.2 Å².